The topological polar surface area (TPSA) is 0 Å². The van der Waals surface area contributed by atoms with E-state index in [0.29, 0.717) is 33.2 Å². The van der Waals surface area contributed by atoms with Gasteiger partial charge in [0.15, 0.2) is 0 Å². The van der Waals surface area contributed by atoms with Crippen LogP contribution < -0.4 is 0 Å². The monoisotopic (exact) mass is 872 g/mol. The van der Waals surface area contributed by atoms with Crippen molar-refractivity contribution in [3.05, 3.63) is 117 Å². The first-order valence-electron chi connectivity index (χ1n) is 19.8. The van der Waals surface area contributed by atoms with Crippen molar-refractivity contribution in [1.82, 2.24) is 0 Å². The summed E-state index contributed by atoms with van der Waals surface area (Å²) in [6.07, 6.45) is 0. The van der Waals surface area contributed by atoms with E-state index in [1.165, 1.54) is 43.1 Å². The summed E-state index contributed by atoms with van der Waals surface area (Å²) < 4.78 is 2.16. The molecule has 0 radical (unpaired) electrons. The van der Waals surface area contributed by atoms with Gasteiger partial charge in [-0.3, -0.25) is 0 Å². The van der Waals surface area contributed by atoms with Crippen molar-refractivity contribution >= 4 is 91.1 Å². The van der Waals surface area contributed by atoms with Gasteiger partial charge < -0.3 is 0 Å². The van der Waals surface area contributed by atoms with Crippen LogP contribution in [-0.4, -0.2) is 16.1 Å². The van der Waals surface area contributed by atoms with Crippen LogP contribution in [0.5, 0.6) is 0 Å². The molecule has 0 nitrogen and oxygen atoms in total. The Morgan fingerprint density at radius 1 is 0.370 bits per heavy atom. The van der Waals surface area contributed by atoms with Crippen molar-refractivity contribution in [3.8, 4) is 22.9 Å². The van der Waals surface area contributed by atoms with Gasteiger partial charge in [-0.15, -0.1) is 11.1 Å². The predicted octanol–water partition coefficient (Wildman–Crippen LogP) is 16.6. The summed E-state index contributed by atoms with van der Waals surface area (Å²) in [5.74, 6) is 7.71. The van der Waals surface area contributed by atoms with E-state index in [0.717, 1.165) is 20.1 Å². The Morgan fingerprint density at radius 2 is 0.648 bits per heavy atom. The molecule has 0 atom stereocenters. The molecule has 6 aromatic carbocycles. The molecule has 0 spiro atoms. The number of benzene rings is 6. The summed E-state index contributed by atoms with van der Waals surface area (Å²) in [6, 6.07) is 34.7. The Bertz CT molecular complexity index is 2150. The van der Waals surface area contributed by atoms with Crippen LogP contribution in [0.25, 0.3) is 43.1 Å². The Hall–Kier alpha value is -3.13. The molecule has 0 bridgehead atoms. The molecule has 0 aliphatic rings. The summed E-state index contributed by atoms with van der Waals surface area (Å²) in [5, 5.41) is 10.1. The smallest absolute Gasteiger partial charge is 0.125 e. The number of rotatable bonds is 6. The van der Waals surface area contributed by atoms with Gasteiger partial charge in [-0.2, -0.15) is 0 Å². The van der Waals surface area contributed by atoms with Crippen molar-refractivity contribution in [3.63, 3.8) is 0 Å². The van der Waals surface area contributed by atoms with E-state index in [1.54, 1.807) is 0 Å². The van der Waals surface area contributed by atoms with Gasteiger partial charge in [-0.25, -0.2) is 0 Å². The molecule has 6 rings (SSSR count). The zero-order valence-corrected chi connectivity index (χ0v) is 39.6. The van der Waals surface area contributed by atoms with E-state index in [1.807, 2.05) is 0 Å². The van der Waals surface area contributed by atoms with E-state index in [-0.39, 0.29) is 0 Å². The van der Waals surface area contributed by atoms with Crippen LogP contribution in [0.2, 0.25) is 33.2 Å². The highest BCUT2D eigenvalue weighted by Gasteiger charge is 2.42. The third kappa shape index (κ3) is 8.20. The lowest BCUT2D eigenvalue weighted by molar-refractivity contribution is 0.838. The minimum Gasteiger partial charge on any atom is -0.125 e. The lowest BCUT2D eigenvalue weighted by Gasteiger charge is -2.38. The van der Waals surface area contributed by atoms with Crippen molar-refractivity contribution < 1.29 is 0 Å². The average Bonchev–Trinajstić information content (AvgIpc) is 3.11. The highest BCUT2D eigenvalue weighted by atomic mass is 79.9. The lowest BCUT2D eigenvalue weighted by Crippen LogP contribution is -2.43. The van der Waals surface area contributed by atoms with E-state index >= 15 is 0 Å². The maximum atomic E-state index is 4.02. The van der Waals surface area contributed by atoms with Crippen LogP contribution in [0.1, 0.15) is 94.2 Å². The summed E-state index contributed by atoms with van der Waals surface area (Å²) in [5.41, 5.74) is 13.8. The molecule has 0 aliphatic carbocycles. The van der Waals surface area contributed by atoms with E-state index in [4.69, 9.17) is 0 Å². The molecule has 0 saturated heterocycles. The van der Waals surface area contributed by atoms with Crippen molar-refractivity contribution in [2.75, 3.05) is 0 Å². The maximum Gasteiger partial charge on any atom is 0.146 e. The second-order valence-electron chi connectivity index (χ2n) is 17.0. The number of hydrogen-bond acceptors (Lipinski definition) is 0. The standard InChI is InChI=1S/C36H48Br2Si2.C14H10/c1-23(2)39(24(3)4,25(5)6)19-17-33-31-15-13-30(38)22-36(31)34(32-16-14-29(37)21-35(32)33)18-20-40(26(7)8,27(9)10)28(11)12;1-2-6-12-10-14-8-4-3-7-13(14)9-11(12)5-1/h13-16,21-28H,1-12H3;1-10H. The minimum absolute atomic E-state index is 0.588. The molecule has 4 heteroatoms. The van der Waals surface area contributed by atoms with Crippen molar-refractivity contribution in [1.29, 1.82) is 0 Å². The number of hydrogen-bond donors (Lipinski definition) is 0. The third-order valence-electron chi connectivity index (χ3n) is 12.2. The van der Waals surface area contributed by atoms with Gasteiger partial charge in [0.2, 0.25) is 0 Å². The van der Waals surface area contributed by atoms with Crippen LogP contribution in [0.3, 0.4) is 0 Å². The fourth-order valence-electron chi connectivity index (χ4n) is 9.53. The normalized spacial score (nSPS) is 12.2. The molecular formula is C50H58Br2Si2. The van der Waals surface area contributed by atoms with Gasteiger partial charge in [0.1, 0.15) is 16.1 Å². The highest BCUT2D eigenvalue weighted by molar-refractivity contribution is 9.10. The van der Waals surface area contributed by atoms with Gasteiger partial charge in [0.25, 0.3) is 0 Å². The molecule has 0 saturated carbocycles. The lowest BCUT2D eigenvalue weighted by atomic mass is 9.92. The Balaban J connectivity index is 0.000000329. The predicted molar refractivity (Wildman–Crippen MR) is 254 cm³/mol. The van der Waals surface area contributed by atoms with E-state index in [2.05, 4.69) is 235 Å². The molecule has 0 unspecified atom stereocenters. The molecule has 0 heterocycles. The maximum absolute atomic E-state index is 4.02. The second kappa shape index (κ2) is 17.3. The van der Waals surface area contributed by atoms with Crippen LogP contribution in [0.4, 0.5) is 0 Å². The van der Waals surface area contributed by atoms with Gasteiger partial charge in [0.05, 0.1) is 0 Å². The van der Waals surface area contributed by atoms with Crippen molar-refractivity contribution in [2.24, 2.45) is 0 Å². The van der Waals surface area contributed by atoms with Gasteiger partial charge in [-0.05, 0) is 102 Å². The van der Waals surface area contributed by atoms with Crippen LogP contribution in [-0.2, 0) is 0 Å². The SMILES string of the molecule is CC(C)[Si](C#Cc1c2ccc(Br)cc2c(C#C[Si](C(C)C)(C(C)C)C(C)C)c2ccc(Br)cc12)(C(C)C)C(C)C.c1ccc2cc3ccccc3cc2c1. The number of halogens is 2. The average molecular weight is 875 g/mol. The summed E-state index contributed by atoms with van der Waals surface area (Å²) >= 11 is 7.56. The molecular weight excluding hydrogens is 817 g/mol. The molecule has 54 heavy (non-hydrogen) atoms. The number of fused-ring (bicyclic) bond motifs is 4. The zero-order chi connectivity index (χ0) is 39.5. The first kappa shape index (κ1) is 42.0. The first-order chi connectivity index (χ1) is 25.5. The van der Waals surface area contributed by atoms with Crippen LogP contribution in [0.15, 0.2) is 106 Å². The second-order valence-corrected chi connectivity index (χ2v) is 30.0. The Kier molecular flexibility index (Phi) is 13.5. The van der Waals surface area contributed by atoms with Crippen LogP contribution >= 0.6 is 31.9 Å². The Morgan fingerprint density at radius 3 is 0.907 bits per heavy atom. The van der Waals surface area contributed by atoms with Crippen molar-refractivity contribution in [2.45, 2.75) is 116 Å². The fraction of sp³-hybridized carbons (Fsp3) is 0.360. The molecule has 0 N–H and O–H groups in total. The zero-order valence-electron chi connectivity index (χ0n) is 34.5. The van der Waals surface area contributed by atoms with E-state index in [9.17, 15) is 0 Å². The molecule has 0 aromatic heterocycles. The molecule has 0 amide bonds. The van der Waals surface area contributed by atoms with Gasteiger partial charge in [0, 0.05) is 30.8 Å². The van der Waals surface area contributed by atoms with Crippen LogP contribution in [0, 0.1) is 22.9 Å². The highest BCUT2D eigenvalue weighted by Crippen LogP contribution is 2.43. The molecule has 0 aliphatic heterocycles. The molecule has 6 aromatic rings. The Labute approximate surface area is 345 Å². The summed E-state index contributed by atoms with van der Waals surface area (Å²) in [4.78, 5) is 0. The molecule has 280 valence electrons. The van der Waals surface area contributed by atoms with Gasteiger partial charge in [-0.1, -0.05) is 187 Å². The third-order valence-corrected chi connectivity index (χ3v) is 25.8. The largest absolute Gasteiger partial charge is 0.146 e. The van der Waals surface area contributed by atoms with Gasteiger partial charge >= 0.3 is 0 Å². The minimum atomic E-state index is -1.91. The quantitative estimate of drug-likeness (QED) is 0.0888. The summed E-state index contributed by atoms with van der Waals surface area (Å²) in [7, 11) is -3.81. The van der Waals surface area contributed by atoms with E-state index < -0.39 is 16.1 Å². The first-order valence-corrected chi connectivity index (χ1v) is 25.9. The summed E-state index contributed by atoms with van der Waals surface area (Å²) in [6.45, 7) is 28.6. The fourth-order valence-corrected chi connectivity index (χ4v) is 20.7. The molecule has 0 fully saturated rings.